The zero-order valence-electron chi connectivity index (χ0n) is 15.9. The van der Waals surface area contributed by atoms with E-state index in [4.69, 9.17) is 31.6 Å². The van der Waals surface area contributed by atoms with Gasteiger partial charge in [-0.15, -0.1) is 6.42 Å². The van der Waals surface area contributed by atoms with Gasteiger partial charge in [0, 0.05) is 0 Å². The van der Waals surface area contributed by atoms with Gasteiger partial charge in [0.1, 0.15) is 24.1 Å². The van der Waals surface area contributed by atoms with Gasteiger partial charge < -0.3 is 35.2 Å². The number of rotatable bonds is 8. The van der Waals surface area contributed by atoms with Gasteiger partial charge in [-0.05, 0) is 0 Å². The molecule has 2 aromatic rings. The Morgan fingerprint density at radius 1 is 1.21 bits per heavy atom. The maximum Gasteiger partial charge on any atom is 0.490 e. The van der Waals surface area contributed by atoms with Crippen molar-refractivity contribution in [2.45, 2.75) is 24.1 Å². The zero-order valence-corrected chi connectivity index (χ0v) is 18.5. The Bertz CT molecular complexity index is 1250. The summed E-state index contributed by atoms with van der Waals surface area (Å²) in [7, 11) is -16.9. The van der Waals surface area contributed by atoms with Gasteiger partial charge >= 0.3 is 23.5 Å². The van der Waals surface area contributed by atoms with Crippen molar-refractivity contribution >= 4 is 40.4 Å². The lowest BCUT2D eigenvalue weighted by molar-refractivity contribution is -0.0496. The minimum atomic E-state index is -5.78. The van der Waals surface area contributed by atoms with E-state index in [2.05, 4.69) is 28.1 Å². The molecule has 1 fully saturated rings. The highest BCUT2D eigenvalue weighted by atomic mass is 31.3. The molecule has 182 valence electrons. The van der Waals surface area contributed by atoms with Crippen molar-refractivity contribution in [3.63, 3.8) is 0 Å². The molecule has 6 atom stereocenters. The van der Waals surface area contributed by atoms with Gasteiger partial charge in [-0.3, -0.25) is 9.09 Å². The molecule has 1 aliphatic heterocycles. The van der Waals surface area contributed by atoms with E-state index < -0.39 is 54.2 Å². The van der Waals surface area contributed by atoms with Gasteiger partial charge in [-0.25, -0.2) is 33.0 Å². The van der Waals surface area contributed by atoms with Crippen LogP contribution in [0.5, 0.6) is 0 Å². The van der Waals surface area contributed by atoms with E-state index in [1.54, 1.807) is 5.92 Å². The summed E-state index contributed by atoms with van der Waals surface area (Å²) in [5.74, 6) is 1.68. The van der Waals surface area contributed by atoms with Gasteiger partial charge in [-0.1, -0.05) is 5.92 Å². The maximum absolute atomic E-state index is 15.5. The van der Waals surface area contributed by atoms with E-state index in [9.17, 15) is 23.7 Å². The highest BCUT2D eigenvalue weighted by Gasteiger charge is 2.58. The summed E-state index contributed by atoms with van der Waals surface area (Å²) >= 11 is 0. The van der Waals surface area contributed by atoms with Crippen LogP contribution in [0.15, 0.2) is 12.7 Å². The first-order valence-electron chi connectivity index (χ1n) is 8.30. The van der Waals surface area contributed by atoms with Gasteiger partial charge in [0.25, 0.3) is 0 Å². The molecule has 0 aliphatic carbocycles. The molecule has 0 bridgehead atoms. The number of imidazole rings is 1. The molecule has 1 aliphatic rings. The van der Waals surface area contributed by atoms with Crippen molar-refractivity contribution in [2.24, 2.45) is 0 Å². The predicted octanol–water partition coefficient (Wildman–Crippen LogP) is -0.648. The third-order valence-corrected chi connectivity index (χ3v) is 7.93. The fourth-order valence-corrected chi connectivity index (χ4v) is 5.85. The first-order chi connectivity index (χ1) is 15.1. The Kier molecular flexibility index (Phi) is 6.84. The lowest BCUT2D eigenvalue weighted by Gasteiger charge is -2.23. The van der Waals surface area contributed by atoms with Gasteiger partial charge in [0.2, 0.25) is 5.67 Å². The summed E-state index contributed by atoms with van der Waals surface area (Å²) in [5.41, 5.74) is 2.75. The zero-order chi connectivity index (χ0) is 24.8. The number of ether oxygens (including phenoxy) is 1. The van der Waals surface area contributed by atoms with Crippen LogP contribution in [0.3, 0.4) is 0 Å². The number of aliphatic hydroxyl groups excluding tert-OH is 1. The number of phosphoric ester groups is 1. The fourth-order valence-electron chi connectivity index (χ4n) is 2.82. The Morgan fingerprint density at radius 3 is 2.48 bits per heavy atom. The van der Waals surface area contributed by atoms with E-state index in [1.807, 2.05) is 0 Å². The molecule has 0 aromatic carbocycles. The first-order valence-corrected chi connectivity index (χ1v) is 12.8. The molecule has 0 radical (unpaired) electrons. The Balaban J connectivity index is 1.79. The molecule has 33 heavy (non-hydrogen) atoms. The van der Waals surface area contributed by atoms with Crippen LogP contribution in [0.25, 0.3) is 11.2 Å². The van der Waals surface area contributed by atoms with Crippen LogP contribution in [0.4, 0.5) is 10.2 Å². The Morgan fingerprint density at radius 2 is 1.88 bits per heavy atom. The van der Waals surface area contributed by atoms with Crippen molar-refractivity contribution in [2.75, 3.05) is 12.3 Å². The first kappa shape index (κ1) is 25.8. The van der Waals surface area contributed by atoms with Crippen LogP contribution < -0.4 is 5.73 Å². The third-order valence-electron chi connectivity index (χ3n) is 4.12. The topological polar surface area (TPSA) is 259 Å². The predicted molar refractivity (Wildman–Crippen MR) is 102 cm³/mol. The number of halogens is 1. The average molecular weight is 533 g/mol. The molecule has 2 unspecified atom stereocenters. The van der Waals surface area contributed by atoms with Crippen LogP contribution in [0, 0.1) is 12.3 Å². The number of hydrogen-bond donors (Lipinski definition) is 6. The fraction of sp³-hybridized carbons (Fsp3) is 0.417. The van der Waals surface area contributed by atoms with Crippen molar-refractivity contribution in [1.82, 2.24) is 19.5 Å². The van der Waals surface area contributed by atoms with E-state index in [0.717, 1.165) is 17.2 Å². The van der Waals surface area contributed by atoms with Gasteiger partial charge in [0.05, 0.1) is 12.9 Å². The number of aromatic nitrogens is 4. The molecule has 3 rings (SSSR count). The Hall–Kier alpha value is -1.83. The second-order valence-corrected chi connectivity index (χ2v) is 10.8. The summed E-state index contributed by atoms with van der Waals surface area (Å²) in [6, 6.07) is 0. The number of anilines is 1. The summed E-state index contributed by atoms with van der Waals surface area (Å²) in [6.45, 7) is -1.14. The second kappa shape index (κ2) is 8.75. The maximum atomic E-state index is 15.5. The van der Waals surface area contributed by atoms with E-state index >= 15 is 4.39 Å². The molecule has 0 amide bonds. The largest absolute Gasteiger partial charge is 0.490 e. The number of nitrogens with two attached hydrogens (primary N) is 1. The van der Waals surface area contributed by atoms with Crippen LogP contribution in [0.2, 0.25) is 0 Å². The minimum absolute atomic E-state index is 0.0227. The third kappa shape index (κ3) is 5.47. The lowest BCUT2D eigenvalue weighted by atomic mass is 9.97. The molecule has 0 spiro atoms. The molecule has 1 saturated heterocycles. The van der Waals surface area contributed by atoms with Crippen LogP contribution in [-0.4, -0.2) is 68.7 Å². The number of nitrogen functional groups attached to an aromatic ring is 1. The summed E-state index contributed by atoms with van der Waals surface area (Å²) in [4.78, 5) is 47.2. The van der Waals surface area contributed by atoms with Crippen molar-refractivity contribution in [3.05, 3.63) is 12.7 Å². The smallest absolute Gasteiger partial charge is 0.386 e. The van der Waals surface area contributed by atoms with Crippen LogP contribution >= 0.6 is 23.5 Å². The van der Waals surface area contributed by atoms with Crippen molar-refractivity contribution in [3.8, 4) is 12.3 Å². The number of nitrogens with zero attached hydrogens (tertiary/aromatic N) is 4. The number of phosphoric acid groups is 3. The van der Waals surface area contributed by atoms with Crippen LogP contribution in [-0.2, 0) is 31.6 Å². The second-order valence-electron chi connectivity index (χ2n) is 6.35. The van der Waals surface area contributed by atoms with Crippen molar-refractivity contribution in [1.29, 1.82) is 0 Å². The van der Waals surface area contributed by atoms with E-state index in [0.29, 0.717) is 0 Å². The molecule has 3 heterocycles. The molecular weight excluding hydrogens is 518 g/mol. The Labute approximate surface area is 182 Å². The number of aliphatic hydroxyl groups is 1. The van der Waals surface area contributed by atoms with E-state index in [-0.39, 0.29) is 17.0 Å². The summed E-state index contributed by atoms with van der Waals surface area (Å²) < 4.78 is 67.2. The minimum Gasteiger partial charge on any atom is -0.386 e. The summed E-state index contributed by atoms with van der Waals surface area (Å²) in [6.07, 6.45) is 1.61. The molecule has 0 saturated carbocycles. The summed E-state index contributed by atoms with van der Waals surface area (Å²) in [5, 5.41) is 10.3. The molecule has 2 aromatic heterocycles. The molecular formula is C12H15FN5O12P3. The number of alkyl halides is 1. The van der Waals surface area contributed by atoms with Crippen molar-refractivity contribution < 1.29 is 60.6 Å². The molecule has 21 heteroatoms. The quantitative estimate of drug-likeness (QED) is 0.182. The lowest BCUT2D eigenvalue weighted by Crippen LogP contribution is -2.42. The number of hydrogen-bond acceptors (Lipinski definition) is 12. The van der Waals surface area contributed by atoms with Gasteiger partial charge in [-0.2, -0.15) is 8.62 Å². The monoisotopic (exact) mass is 533 g/mol. The number of terminal acetylenes is 1. The highest BCUT2D eigenvalue weighted by Crippen LogP contribution is 2.66. The molecule has 17 nitrogen and oxygen atoms in total. The average Bonchev–Trinajstić information content (AvgIpc) is 3.18. The SMILES string of the molecule is C#C[C@@]1(F)[C@H](O)[C@@H](COP(=O)(O)OP(=O)(O)OP(=O)(O)O)O[C@@H]1n1cnc2c(N)ncnc21. The highest BCUT2D eigenvalue weighted by molar-refractivity contribution is 7.66. The molecule has 7 N–H and O–H groups in total. The number of fused-ring (bicyclic) bond motifs is 1. The van der Waals surface area contributed by atoms with E-state index in [1.165, 1.54) is 0 Å². The normalized spacial score (nSPS) is 29.4. The van der Waals surface area contributed by atoms with Crippen LogP contribution in [0.1, 0.15) is 6.23 Å². The standard InChI is InChI=1S/C12H15FN5O12P3/c1-2-12(13)8(19)6(3-27-32(23,24)30-33(25,26)29-31(20,21)22)28-11(12)18-5-17-7-9(14)15-4-16-10(7)18/h1,4-6,8,11,19H,3H2,(H,23,24)(H,25,26)(H2,14,15,16)(H2,20,21,22)/t6-,8-,11+,12-/m1/s1. The van der Waals surface area contributed by atoms with Gasteiger partial charge in [0.15, 0.2) is 17.7 Å².